The second kappa shape index (κ2) is 6.09. The number of amides is 1. The van der Waals surface area contributed by atoms with Crippen LogP contribution in [0.2, 0.25) is 0 Å². The highest BCUT2D eigenvalue weighted by molar-refractivity contribution is 7.98. The maximum atomic E-state index is 13.2. The molecular formula is C16H16FNOS. The molecule has 2 rings (SSSR count). The number of aryl methyl sites for hydroxylation is 2. The first-order valence-corrected chi connectivity index (χ1v) is 7.46. The topological polar surface area (TPSA) is 29.1 Å². The minimum Gasteiger partial charge on any atom is -0.322 e. The molecule has 0 saturated carbocycles. The molecule has 0 radical (unpaired) electrons. The number of benzene rings is 2. The number of carbonyl (C=O) groups is 1. The average molecular weight is 289 g/mol. The van der Waals surface area contributed by atoms with E-state index in [2.05, 4.69) is 5.32 Å². The summed E-state index contributed by atoms with van der Waals surface area (Å²) in [6.07, 6.45) is 1.96. The van der Waals surface area contributed by atoms with Crippen LogP contribution in [0.4, 0.5) is 10.1 Å². The molecule has 2 nitrogen and oxygen atoms in total. The second-order valence-corrected chi connectivity index (χ2v) is 5.47. The molecule has 0 atom stereocenters. The van der Waals surface area contributed by atoms with Gasteiger partial charge in [-0.1, -0.05) is 12.1 Å². The van der Waals surface area contributed by atoms with E-state index in [1.165, 1.54) is 12.1 Å². The molecule has 0 aliphatic carbocycles. The maximum absolute atomic E-state index is 13.2. The van der Waals surface area contributed by atoms with Crippen LogP contribution in [-0.4, -0.2) is 12.2 Å². The van der Waals surface area contributed by atoms with E-state index in [1.54, 1.807) is 17.8 Å². The molecule has 0 heterocycles. The first-order chi connectivity index (χ1) is 9.51. The molecule has 0 unspecified atom stereocenters. The van der Waals surface area contributed by atoms with Gasteiger partial charge in [-0.15, -0.1) is 11.8 Å². The van der Waals surface area contributed by atoms with Gasteiger partial charge in [-0.3, -0.25) is 4.79 Å². The van der Waals surface area contributed by atoms with Crippen LogP contribution in [0.1, 0.15) is 21.5 Å². The summed E-state index contributed by atoms with van der Waals surface area (Å²) in [6.45, 7) is 3.72. The molecule has 1 amide bonds. The van der Waals surface area contributed by atoms with Crippen LogP contribution >= 0.6 is 11.8 Å². The SMILES string of the molecule is CSc1ccc(C)c(C(=O)Nc2cc(F)ccc2C)c1. The van der Waals surface area contributed by atoms with Crippen molar-refractivity contribution in [2.45, 2.75) is 18.7 Å². The molecule has 2 aromatic carbocycles. The molecule has 0 aromatic heterocycles. The van der Waals surface area contributed by atoms with Crippen molar-refractivity contribution in [3.8, 4) is 0 Å². The van der Waals surface area contributed by atoms with Gasteiger partial charge >= 0.3 is 0 Å². The number of nitrogens with one attached hydrogen (secondary N) is 1. The van der Waals surface area contributed by atoms with E-state index < -0.39 is 0 Å². The van der Waals surface area contributed by atoms with Gasteiger partial charge in [0.15, 0.2) is 0 Å². The van der Waals surface area contributed by atoms with Gasteiger partial charge in [-0.05, 0) is 55.5 Å². The van der Waals surface area contributed by atoms with Crippen molar-refractivity contribution in [2.75, 3.05) is 11.6 Å². The Kier molecular flexibility index (Phi) is 4.45. The van der Waals surface area contributed by atoms with Gasteiger partial charge in [0.2, 0.25) is 0 Å². The van der Waals surface area contributed by atoms with E-state index in [0.29, 0.717) is 11.3 Å². The lowest BCUT2D eigenvalue weighted by atomic mass is 10.1. The van der Waals surface area contributed by atoms with Crippen molar-refractivity contribution in [1.82, 2.24) is 0 Å². The summed E-state index contributed by atoms with van der Waals surface area (Å²) in [5, 5.41) is 2.77. The van der Waals surface area contributed by atoms with E-state index in [4.69, 9.17) is 0 Å². The Balaban J connectivity index is 2.30. The Labute approximate surface area is 122 Å². The zero-order valence-corrected chi connectivity index (χ0v) is 12.5. The van der Waals surface area contributed by atoms with Gasteiger partial charge in [0.25, 0.3) is 5.91 Å². The summed E-state index contributed by atoms with van der Waals surface area (Å²) in [5.41, 5.74) is 2.84. The highest BCUT2D eigenvalue weighted by Gasteiger charge is 2.11. The van der Waals surface area contributed by atoms with E-state index in [1.807, 2.05) is 38.3 Å². The number of hydrogen-bond acceptors (Lipinski definition) is 2. The van der Waals surface area contributed by atoms with Crippen LogP contribution in [0.25, 0.3) is 0 Å². The van der Waals surface area contributed by atoms with Crippen molar-refractivity contribution >= 4 is 23.4 Å². The summed E-state index contributed by atoms with van der Waals surface area (Å²) in [4.78, 5) is 13.3. The standard InChI is InChI=1S/C16H16FNOS/c1-10-5-7-13(20-3)9-14(10)16(19)18-15-8-12(17)6-4-11(15)2/h4-9H,1-3H3,(H,18,19). The summed E-state index contributed by atoms with van der Waals surface area (Å²) in [7, 11) is 0. The third-order valence-electron chi connectivity index (χ3n) is 3.14. The Bertz CT molecular complexity index is 655. The zero-order valence-electron chi connectivity index (χ0n) is 11.7. The van der Waals surface area contributed by atoms with Gasteiger partial charge in [-0.25, -0.2) is 4.39 Å². The quantitative estimate of drug-likeness (QED) is 0.848. The van der Waals surface area contributed by atoms with Gasteiger partial charge < -0.3 is 5.32 Å². The van der Waals surface area contributed by atoms with E-state index >= 15 is 0 Å². The van der Waals surface area contributed by atoms with E-state index in [9.17, 15) is 9.18 Å². The lowest BCUT2D eigenvalue weighted by molar-refractivity contribution is 0.102. The maximum Gasteiger partial charge on any atom is 0.255 e. The smallest absolute Gasteiger partial charge is 0.255 e. The zero-order chi connectivity index (χ0) is 14.7. The molecule has 0 aliphatic heterocycles. The van der Waals surface area contributed by atoms with E-state index in [-0.39, 0.29) is 11.7 Å². The van der Waals surface area contributed by atoms with Crippen molar-refractivity contribution in [3.05, 3.63) is 58.9 Å². The monoisotopic (exact) mass is 289 g/mol. The average Bonchev–Trinajstić information content (AvgIpc) is 2.43. The molecule has 0 fully saturated rings. The molecule has 2 aromatic rings. The number of rotatable bonds is 3. The van der Waals surface area contributed by atoms with Crippen LogP contribution < -0.4 is 5.32 Å². The molecule has 0 aliphatic rings. The van der Waals surface area contributed by atoms with Crippen molar-refractivity contribution < 1.29 is 9.18 Å². The predicted molar refractivity (Wildman–Crippen MR) is 82.1 cm³/mol. The first-order valence-electron chi connectivity index (χ1n) is 6.23. The fraction of sp³-hybridized carbons (Fsp3) is 0.188. The lowest BCUT2D eigenvalue weighted by Crippen LogP contribution is -2.14. The third-order valence-corrected chi connectivity index (χ3v) is 3.86. The van der Waals surface area contributed by atoms with E-state index in [0.717, 1.165) is 16.0 Å². The minimum atomic E-state index is -0.361. The molecule has 1 N–H and O–H groups in total. The van der Waals surface area contributed by atoms with Crippen molar-refractivity contribution in [3.63, 3.8) is 0 Å². The Morgan fingerprint density at radius 2 is 1.80 bits per heavy atom. The molecular weight excluding hydrogens is 273 g/mol. The normalized spacial score (nSPS) is 10.4. The predicted octanol–water partition coefficient (Wildman–Crippen LogP) is 4.42. The highest BCUT2D eigenvalue weighted by Crippen LogP contribution is 2.21. The lowest BCUT2D eigenvalue weighted by Gasteiger charge is -2.11. The Morgan fingerprint density at radius 1 is 1.10 bits per heavy atom. The fourth-order valence-corrected chi connectivity index (χ4v) is 2.33. The van der Waals surface area contributed by atoms with Gasteiger partial charge in [0.05, 0.1) is 0 Å². The molecule has 4 heteroatoms. The summed E-state index contributed by atoms with van der Waals surface area (Å²) in [6, 6.07) is 10.1. The van der Waals surface area contributed by atoms with Crippen LogP contribution in [-0.2, 0) is 0 Å². The Morgan fingerprint density at radius 3 is 2.50 bits per heavy atom. The molecule has 0 spiro atoms. The van der Waals surface area contributed by atoms with Crippen molar-refractivity contribution in [2.24, 2.45) is 0 Å². The van der Waals surface area contributed by atoms with Gasteiger partial charge in [0.1, 0.15) is 5.82 Å². The number of anilines is 1. The van der Waals surface area contributed by atoms with Gasteiger partial charge in [0, 0.05) is 16.1 Å². The number of carbonyl (C=O) groups excluding carboxylic acids is 1. The number of hydrogen-bond donors (Lipinski definition) is 1. The third kappa shape index (κ3) is 3.20. The van der Waals surface area contributed by atoms with Crippen molar-refractivity contribution in [1.29, 1.82) is 0 Å². The van der Waals surface area contributed by atoms with Crippen LogP contribution in [0.5, 0.6) is 0 Å². The summed E-state index contributed by atoms with van der Waals surface area (Å²) in [5.74, 6) is -0.576. The number of thioether (sulfide) groups is 1. The molecule has 0 bridgehead atoms. The second-order valence-electron chi connectivity index (χ2n) is 4.59. The fourth-order valence-electron chi connectivity index (χ4n) is 1.89. The minimum absolute atomic E-state index is 0.216. The van der Waals surface area contributed by atoms with Crippen LogP contribution in [0, 0.1) is 19.7 Å². The summed E-state index contributed by atoms with van der Waals surface area (Å²) < 4.78 is 13.2. The number of halogens is 1. The molecule has 0 saturated heterocycles. The van der Waals surface area contributed by atoms with Crippen LogP contribution in [0.15, 0.2) is 41.3 Å². The highest BCUT2D eigenvalue weighted by atomic mass is 32.2. The van der Waals surface area contributed by atoms with Gasteiger partial charge in [-0.2, -0.15) is 0 Å². The first kappa shape index (κ1) is 14.6. The summed E-state index contributed by atoms with van der Waals surface area (Å²) >= 11 is 1.58. The van der Waals surface area contributed by atoms with Crippen LogP contribution in [0.3, 0.4) is 0 Å². The Hall–Kier alpha value is -1.81. The largest absolute Gasteiger partial charge is 0.322 e. The molecule has 20 heavy (non-hydrogen) atoms. The molecule has 104 valence electrons.